The Hall–Kier alpha value is -4.06. The Kier molecular flexibility index (Phi) is 5.75. The number of benzene rings is 3. The average Bonchev–Trinajstić information content (AvgIpc) is 3.24. The Bertz CT molecular complexity index is 1100. The molecule has 0 spiro atoms. The van der Waals surface area contributed by atoms with Crippen molar-refractivity contribution >= 4 is 11.6 Å². The molecule has 0 aliphatic carbocycles. The van der Waals surface area contributed by atoms with E-state index in [2.05, 4.69) is 15.3 Å². The van der Waals surface area contributed by atoms with E-state index in [1.807, 2.05) is 72.9 Å². The van der Waals surface area contributed by atoms with Crippen LogP contribution in [0.15, 0.2) is 85.1 Å². The Balaban J connectivity index is 1.36. The largest absolute Gasteiger partial charge is 0.486 e. The van der Waals surface area contributed by atoms with Crippen LogP contribution in [-0.2, 0) is 11.4 Å². The van der Waals surface area contributed by atoms with Crippen molar-refractivity contribution in [3.63, 3.8) is 0 Å². The van der Waals surface area contributed by atoms with Gasteiger partial charge >= 0.3 is 0 Å². The third-order valence-corrected chi connectivity index (χ3v) is 4.31. The highest BCUT2D eigenvalue weighted by atomic mass is 16.5. The SMILES string of the molecule is CC(=O)Nc1ccc(Oc2ccc(-c3c[nH]c(COc4ccccc4)n3)cc2)cc1. The molecule has 3 aromatic carbocycles. The molecule has 0 radical (unpaired) electrons. The summed E-state index contributed by atoms with van der Waals surface area (Å²) in [7, 11) is 0. The Morgan fingerprint density at radius 1 is 0.900 bits per heavy atom. The fraction of sp³-hybridized carbons (Fsp3) is 0.0833. The summed E-state index contributed by atoms with van der Waals surface area (Å²) in [6.45, 7) is 1.85. The second kappa shape index (κ2) is 8.96. The van der Waals surface area contributed by atoms with Gasteiger partial charge in [0.15, 0.2) is 0 Å². The second-order valence-electron chi connectivity index (χ2n) is 6.67. The molecule has 30 heavy (non-hydrogen) atoms. The molecule has 1 aromatic heterocycles. The van der Waals surface area contributed by atoms with Crippen LogP contribution in [0.1, 0.15) is 12.7 Å². The number of carbonyl (C=O) groups is 1. The summed E-state index contributed by atoms with van der Waals surface area (Å²) < 4.78 is 11.6. The maximum atomic E-state index is 11.1. The molecule has 6 heteroatoms. The van der Waals surface area contributed by atoms with Crippen LogP contribution in [0.3, 0.4) is 0 Å². The maximum absolute atomic E-state index is 11.1. The molecule has 0 saturated carbocycles. The van der Waals surface area contributed by atoms with E-state index < -0.39 is 0 Å². The molecule has 4 rings (SSSR count). The minimum atomic E-state index is -0.104. The highest BCUT2D eigenvalue weighted by molar-refractivity contribution is 5.88. The summed E-state index contributed by atoms with van der Waals surface area (Å²) in [6, 6.07) is 24.6. The lowest BCUT2D eigenvalue weighted by Crippen LogP contribution is -2.05. The summed E-state index contributed by atoms with van der Waals surface area (Å²) in [5.74, 6) is 2.87. The predicted molar refractivity (Wildman–Crippen MR) is 116 cm³/mol. The summed E-state index contributed by atoms with van der Waals surface area (Å²) in [5.41, 5.74) is 2.55. The smallest absolute Gasteiger partial charge is 0.221 e. The van der Waals surface area contributed by atoms with Gasteiger partial charge in [-0.3, -0.25) is 4.79 Å². The lowest BCUT2D eigenvalue weighted by atomic mass is 10.1. The van der Waals surface area contributed by atoms with Gasteiger partial charge < -0.3 is 19.8 Å². The van der Waals surface area contributed by atoms with Crippen molar-refractivity contribution in [3.05, 3.63) is 90.9 Å². The number of aromatic amines is 1. The van der Waals surface area contributed by atoms with Crippen LogP contribution in [0.2, 0.25) is 0 Å². The molecule has 0 aliphatic rings. The molecule has 0 bridgehead atoms. The number of imidazole rings is 1. The quantitative estimate of drug-likeness (QED) is 0.436. The van der Waals surface area contributed by atoms with Crippen LogP contribution in [0.25, 0.3) is 11.3 Å². The number of amides is 1. The molecule has 4 aromatic rings. The molecule has 6 nitrogen and oxygen atoms in total. The molecule has 1 amide bonds. The Labute approximate surface area is 174 Å². The van der Waals surface area contributed by atoms with Crippen molar-refractivity contribution < 1.29 is 14.3 Å². The molecule has 150 valence electrons. The molecule has 1 heterocycles. The number of carbonyl (C=O) groups excluding carboxylic acids is 1. The maximum Gasteiger partial charge on any atom is 0.221 e. The number of H-pyrrole nitrogens is 1. The van der Waals surface area contributed by atoms with Gasteiger partial charge in [0.05, 0.1) is 5.69 Å². The summed E-state index contributed by atoms with van der Waals surface area (Å²) in [6.07, 6.45) is 1.86. The van der Waals surface area contributed by atoms with Crippen molar-refractivity contribution in [1.82, 2.24) is 9.97 Å². The van der Waals surface area contributed by atoms with Gasteiger partial charge in [0, 0.05) is 24.4 Å². The molecule has 0 aliphatic heterocycles. The minimum absolute atomic E-state index is 0.104. The number of para-hydroxylation sites is 1. The third-order valence-electron chi connectivity index (χ3n) is 4.31. The normalized spacial score (nSPS) is 10.4. The predicted octanol–water partition coefficient (Wildman–Crippen LogP) is 5.41. The van der Waals surface area contributed by atoms with E-state index >= 15 is 0 Å². The van der Waals surface area contributed by atoms with E-state index in [0.29, 0.717) is 18.1 Å². The van der Waals surface area contributed by atoms with Crippen molar-refractivity contribution in [3.8, 4) is 28.5 Å². The highest BCUT2D eigenvalue weighted by Gasteiger charge is 2.06. The van der Waals surface area contributed by atoms with Crippen molar-refractivity contribution in [2.24, 2.45) is 0 Å². The Morgan fingerprint density at radius 2 is 1.57 bits per heavy atom. The molecular weight excluding hydrogens is 378 g/mol. The average molecular weight is 399 g/mol. The first-order chi connectivity index (χ1) is 14.7. The number of hydrogen-bond donors (Lipinski definition) is 2. The molecule has 2 N–H and O–H groups in total. The lowest BCUT2D eigenvalue weighted by Gasteiger charge is -2.08. The van der Waals surface area contributed by atoms with Gasteiger partial charge in [0.2, 0.25) is 5.91 Å². The van der Waals surface area contributed by atoms with Gasteiger partial charge in [-0.25, -0.2) is 4.98 Å². The van der Waals surface area contributed by atoms with Gasteiger partial charge in [-0.1, -0.05) is 18.2 Å². The van der Waals surface area contributed by atoms with E-state index in [4.69, 9.17) is 9.47 Å². The van der Waals surface area contributed by atoms with Crippen LogP contribution >= 0.6 is 0 Å². The zero-order valence-corrected chi connectivity index (χ0v) is 16.5. The number of anilines is 1. The van der Waals surface area contributed by atoms with Gasteiger partial charge in [0.1, 0.15) is 29.7 Å². The van der Waals surface area contributed by atoms with Crippen LogP contribution in [0.5, 0.6) is 17.2 Å². The van der Waals surface area contributed by atoms with E-state index in [1.165, 1.54) is 6.92 Å². The van der Waals surface area contributed by atoms with Gasteiger partial charge in [-0.05, 0) is 60.7 Å². The van der Waals surface area contributed by atoms with Crippen molar-refractivity contribution in [2.45, 2.75) is 13.5 Å². The van der Waals surface area contributed by atoms with E-state index in [9.17, 15) is 4.79 Å². The van der Waals surface area contributed by atoms with E-state index in [0.717, 1.165) is 28.5 Å². The summed E-state index contributed by atoms with van der Waals surface area (Å²) >= 11 is 0. The summed E-state index contributed by atoms with van der Waals surface area (Å²) in [4.78, 5) is 18.8. The number of rotatable bonds is 7. The van der Waals surface area contributed by atoms with Gasteiger partial charge in [-0.2, -0.15) is 0 Å². The van der Waals surface area contributed by atoms with Crippen LogP contribution < -0.4 is 14.8 Å². The van der Waals surface area contributed by atoms with E-state index in [1.54, 1.807) is 12.1 Å². The lowest BCUT2D eigenvalue weighted by molar-refractivity contribution is -0.114. The third kappa shape index (κ3) is 5.05. The van der Waals surface area contributed by atoms with Crippen LogP contribution in [0, 0.1) is 0 Å². The molecule has 0 atom stereocenters. The highest BCUT2D eigenvalue weighted by Crippen LogP contribution is 2.26. The Morgan fingerprint density at radius 3 is 2.23 bits per heavy atom. The topological polar surface area (TPSA) is 76.2 Å². The molecule has 0 fully saturated rings. The zero-order chi connectivity index (χ0) is 20.8. The number of nitrogens with zero attached hydrogens (tertiary/aromatic N) is 1. The van der Waals surface area contributed by atoms with Crippen LogP contribution in [-0.4, -0.2) is 15.9 Å². The van der Waals surface area contributed by atoms with E-state index in [-0.39, 0.29) is 5.91 Å². The van der Waals surface area contributed by atoms with Crippen LogP contribution in [0.4, 0.5) is 5.69 Å². The fourth-order valence-electron chi connectivity index (χ4n) is 2.89. The molecule has 0 saturated heterocycles. The monoisotopic (exact) mass is 399 g/mol. The van der Waals surface area contributed by atoms with Crippen molar-refractivity contribution in [2.75, 3.05) is 5.32 Å². The zero-order valence-electron chi connectivity index (χ0n) is 16.5. The fourth-order valence-corrected chi connectivity index (χ4v) is 2.89. The second-order valence-corrected chi connectivity index (χ2v) is 6.67. The first kappa shape index (κ1) is 19.3. The summed E-state index contributed by atoms with van der Waals surface area (Å²) in [5, 5.41) is 2.73. The van der Waals surface area contributed by atoms with Gasteiger partial charge in [-0.15, -0.1) is 0 Å². The first-order valence-corrected chi connectivity index (χ1v) is 9.54. The minimum Gasteiger partial charge on any atom is -0.486 e. The number of nitrogens with one attached hydrogen (secondary N) is 2. The number of hydrogen-bond acceptors (Lipinski definition) is 4. The van der Waals surface area contributed by atoms with Crippen molar-refractivity contribution in [1.29, 1.82) is 0 Å². The van der Waals surface area contributed by atoms with Gasteiger partial charge in [0.25, 0.3) is 0 Å². The number of ether oxygens (including phenoxy) is 2. The first-order valence-electron chi connectivity index (χ1n) is 9.54. The molecular formula is C24H21N3O3. The number of aromatic nitrogens is 2. The standard InChI is InChI=1S/C24H21N3O3/c1-17(28)26-19-9-13-22(14-10-19)30-21-11-7-18(8-12-21)23-15-25-24(27-23)16-29-20-5-3-2-4-6-20/h2-15H,16H2,1H3,(H,25,27)(H,26,28). The molecule has 0 unspecified atom stereocenters.